The van der Waals surface area contributed by atoms with Gasteiger partial charge in [0.15, 0.2) is 12.4 Å². The fraction of sp³-hybridized carbons (Fsp3) is 0.444. The van der Waals surface area contributed by atoms with Crippen molar-refractivity contribution in [2.75, 3.05) is 6.61 Å². The van der Waals surface area contributed by atoms with E-state index in [1.54, 1.807) is 21.5 Å². The first kappa shape index (κ1) is 17.6. The predicted molar refractivity (Wildman–Crippen MR) is 94.0 cm³/mol. The molecule has 0 aliphatic carbocycles. The van der Waals surface area contributed by atoms with E-state index in [1.165, 1.54) is 12.1 Å². The van der Waals surface area contributed by atoms with Crippen molar-refractivity contribution in [1.82, 2.24) is 30.0 Å². The Morgan fingerprint density at radius 2 is 2.00 bits per heavy atom. The van der Waals surface area contributed by atoms with Crippen LogP contribution in [0.5, 0.6) is 5.88 Å². The molecule has 3 aromatic rings. The van der Waals surface area contributed by atoms with Crippen molar-refractivity contribution >= 4 is 0 Å². The molecule has 2 aromatic heterocycles. The number of aromatic nitrogens is 6. The van der Waals surface area contributed by atoms with Crippen LogP contribution >= 0.6 is 0 Å². The van der Waals surface area contributed by atoms with E-state index in [0.717, 1.165) is 16.9 Å². The first-order valence-electron chi connectivity index (χ1n) is 8.78. The van der Waals surface area contributed by atoms with E-state index in [4.69, 9.17) is 9.47 Å². The number of fused-ring (bicyclic) bond motifs is 1. The maximum Gasteiger partial charge on any atom is 0.220 e. The van der Waals surface area contributed by atoms with Gasteiger partial charge in [0.1, 0.15) is 5.82 Å². The Kier molecular flexibility index (Phi) is 4.39. The first-order chi connectivity index (χ1) is 12.9. The molecule has 3 heterocycles. The Bertz CT molecular complexity index is 942. The highest BCUT2D eigenvalue weighted by molar-refractivity contribution is 5.42. The van der Waals surface area contributed by atoms with Crippen LogP contribution in [-0.2, 0) is 29.9 Å². The first-order valence-corrected chi connectivity index (χ1v) is 8.78. The number of hydrogen-bond donors (Lipinski definition) is 0. The monoisotopic (exact) mass is 372 g/mol. The molecule has 142 valence electrons. The van der Waals surface area contributed by atoms with Crippen LogP contribution in [0.1, 0.15) is 37.9 Å². The molecule has 1 aromatic carbocycles. The summed E-state index contributed by atoms with van der Waals surface area (Å²) in [7, 11) is 0. The van der Waals surface area contributed by atoms with Crippen LogP contribution in [0, 0.1) is 5.82 Å². The van der Waals surface area contributed by atoms with E-state index in [2.05, 4.69) is 20.6 Å². The van der Waals surface area contributed by atoms with E-state index in [-0.39, 0.29) is 18.0 Å². The fourth-order valence-electron chi connectivity index (χ4n) is 3.04. The summed E-state index contributed by atoms with van der Waals surface area (Å²) in [4.78, 5) is 0. The van der Waals surface area contributed by atoms with Crippen molar-refractivity contribution < 1.29 is 13.9 Å². The summed E-state index contributed by atoms with van der Waals surface area (Å²) < 4.78 is 28.4. The summed E-state index contributed by atoms with van der Waals surface area (Å²) in [5.74, 6) is 0.935. The van der Waals surface area contributed by atoms with Crippen LogP contribution in [0.15, 0.2) is 24.3 Å². The third kappa shape index (κ3) is 3.42. The smallest absolute Gasteiger partial charge is 0.220 e. The lowest BCUT2D eigenvalue weighted by Crippen LogP contribution is -2.26. The van der Waals surface area contributed by atoms with Crippen molar-refractivity contribution in [3.05, 3.63) is 47.2 Å². The van der Waals surface area contributed by atoms with Gasteiger partial charge in [-0.3, -0.25) is 0 Å². The second-order valence-electron chi connectivity index (χ2n) is 7.39. The zero-order chi connectivity index (χ0) is 19.0. The molecule has 0 unspecified atom stereocenters. The van der Waals surface area contributed by atoms with Gasteiger partial charge in [-0.15, -0.1) is 5.10 Å². The van der Waals surface area contributed by atoms with Gasteiger partial charge >= 0.3 is 0 Å². The number of ether oxygens (including phenoxy) is 2. The van der Waals surface area contributed by atoms with Crippen LogP contribution < -0.4 is 4.74 Å². The lowest BCUT2D eigenvalue weighted by molar-refractivity contribution is 0.107. The molecular weight excluding hydrogens is 351 g/mol. The molecule has 0 saturated heterocycles. The molecule has 8 nitrogen and oxygen atoms in total. The van der Waals surface area contributed by atoms with Crippen LogP contribution in [0.2, 0.25) is 0 Å². The van der Waals surface area contributed by atoms with Gasteiger partial charge in [0.25, 0.3) is 0 Å². The Morgan fingerprint density at radius 3 is 2.74 bits per heavy atom. The van der Waals surface area contributed by atoms with Gasteiger partial charge in [0.05, 0.1) is 30.1 Å². The number of benzene rings is 1. The Balaban J connectivity index is 1.68. The second kappa shape index (κ2) is 6.73. The molecule has 0 radical (unpaired) electrons. The normalized spacial score (nSPS) is 14.2. The largest absolute Gasteiger partial charge is 0.469 e. The topological polar surface area (TPSA) is 79.9 Å². The van der Waals surface area contributed by atoms with E-state index < -0.39 is 0 Å². The minimum absolute atomic E-state index is 0.199. The van der Waals surface area contributed by atoms with E-state index >= 15 is 0 Å². The highest BCUT2D eigenvalue weighted by Gasteiger charge is 2.25. The van der Waals surface area contributed by atoms with Crippen molar-refractivity contribution in [2.24, 2.45) is 0 Å². The number of rotatable bonds is 4. The van der Waals surface area contributed by atoms with Gasteiger partial charge in [-0.1, -0.05) is 0 Å². The molecule has 0 atom stereocenters. The van der Waals surface area contributed by atoms with E-state index in [1.807, 2.05) is 20.8 Å². The SMILES string of the molecule is CC(C)(C)n1nnnc1COc1c2c(nn1-c1ccc(F)cc1)COCC2. The molecule has 0 N–H and O–H groups in total. The minimum Gasteiger partial charge on any atom is -0.469 e. The zero-order valence-electron chi connectivity index (χ0n) is 15.5. The van der Waals surface area contributed by atoms with Crippen molar-refractivity contribution in [1.29, 1.82) is 0 Å². The van der Waals surface area contributed by atoms with Crippen molar-refractivity contribution in [3.63, 3.8) is 0 Å². The molecule has 4 rings (SSSR count). The lowest BCUT2D eigenvalue weighted by atomic mass is 10.1. The molecule has 0 amide bonds. The van der Waals surface area contributed by atoms with E-state index in [9.17, 15) is 4.39 Å². The van der Waals surface area contributed by atoms with Crippen LogP contribution in [0.25, 0.3) is 5.69 Å². The number of hydrogen-bond acceptors (Lipinski definition) is 6. The average Bonchev–Trinajstić information content (AvgIpc) is 3.25. The maximum atomic E-state index is 13.3. The van der Waals surface area contributed by atoms with Crippen molar-refractivity contribution in [2.45, 2.75) is 45.9 Å². The maximum absolute atomic E-state index is 13.3. The summed E-state index contributed by atoms with van der Waals surface area (Å²) in [5.41, 5.74) is 2.29. The van der Waals surface area contributed by atoms with Gasteiger partial charge in [0.2, 0.25) is 5.88 Å². The summed E-state index contributed by atoms with van der Waals surface area (Å²) in [6.07, 6.45) is 0.704. The Morgan fingerprint density at radius 1 is 1.22 bits per heavy atom. The third-order valence-electron chi connectivity index (χ3n) is 4.33. The summed E-state index contributed by atoms with van der Waals surface area (Å²) in [5, 5.41) is 16.5. The van der Waals surface area contributed by atoms with Crippen LogP contribution in [0.3, 0.4) is 0 Å². The number of tetrazole rings is 1. The average molecular weight is 372 g/mol. The molecule has 0 saturated carbocycles. The minimum atomic E-state index is -0.300. The molecule has 1 aliphatic rings. The summed E-state index contributed by atoms with van der Waals surface area (Å²) in [6.45, 7) is 7.31. The molecule has 27 heavy (non-hydrogen) atoms. The molecule has 0 bridgehead atoms. The standard InChI is InChI=1S/C18H21FN6O2/c1-18(2,3)25-16(20-22-23-25)11-27-17-14-8-9-26-10-15(14)21-24(17)13-6-4-12(19)5-7-13/h4-7H,8-11H2,1-3H3. The number of nitrogens with zero attached hydrogens (tertiary/aromatic N) is 6. The summed E-state index contributed by atoms with van der Waals surface area (Å²) >= 11 is 0. The molecule has 0 spiro atoms. The fourth-order valence-corrected chi connectivity index (χ4v) is 3.04. The van der Waals surface area contributed by atoms with Gasteiger partial charge in [-0.05, 0) is 55.5 Å². The Labute approximate surface area is 155 Å². The summed E-state index contributed by atoms with van der Waals surface area (Å²) in [6, 6.07) is 6.13. The van der Waals surface area contributed by atoms with Gasteiger partial charge in [-0.25, -0.2) is 13.8 Å². The molecule has 1 aliphatic heterocycles. The number of halogens is 1. The molecule has 9 heteroatoms. The van der Waals surface area contributed by atoms with E-state index in [0.29, 0.717) is 31.3 Å². The predicted octanol–water partition coefficient (Wildman–Crippen LogP) is 2.40. The highest BCUT2D eigenvalue weighted by Crippen LogP contribution is 2.30. The molecular formula is C18H21FN6O2. The van der Waals surface area contributed by atoms with Gasteiger partial charge in [0, 0.05) is 12.0 Å². The van der Waals surface area contributed by atoms with Crippen LogP contribution in [0.4, 0.5) is 4.39 Å². The van der Waals surface area contributed by atoms with Gasteiger partial charge in [-0.2, -0.15) is 5.10 Å². The molecule has 0 fully saturated rings. The Hall–Kier alpha value is -2.81. The van der Waals surface area contributed by atoms with Gasteiger partial charge < -0.3 is 9.47 Å². The van der Waals surface area contributed by atoms with Crippen LogP contribution in [-0.4, -0.2) is 36.6 Å². The third-order valence-corrected chi connectivity index (χ3v) is 4.33. The van der Waals surface area contributed by atoms with Crippen molar-refractivity contribution in [3.8, 4) is 11.6 Å². The second-order valence-corrected chi connectivity index (χ2v) is 7.39. The quantitative estimate of drug-likeness (QED) is 0.700. The highest BCUT2D eigenvalue weighted by atomic mass is 19.1. The lowest BCUT2D eigenvalue weighted by Gasteiger charge is -2.20. The zero-order valence-corrected chi connectivity index (χ0v) is 15.5.